The molecule has 0 aliphatic rings. The number of amides is 2. The maximum absolute atomic E-state index is 13.3. The number of benzene rings is 1. The first-order valence-corrected chi connectivity index (χ1v) is 12.4. The molecule has 0 radical (unpaired) electrons. The third-order valence-corrected chi connectivity index (χ3v) is 6.70. The monoisotopic (exact) mass is 561 g/mol. The second kappa shape index (κ2) is 10.8. The predicted molar refractivity (Wildman–Crippen MR) is 139 cm³/mol. The Labute approximate surface area is 222 Å². The SMILES string of the molecule is CCNC(=O)Nc1cc(-c2nc(C(F)(F)F)cs2)c(-c2ccc3c(c2)c(=O)c(C(=O)O)cn3C(C)CO)cn1. The number of alkyl halides is 3. The summed E-state index contributed by atoms with van der Waals surface area (Å²) < 4.78 is 41.4. The van der Waals surface area contributed by atoms with E-state index in [1.807, 2.05) is 0 Å². The number of carboxylic acids is 1. The van der Waals surface area contributed by atoms with Gasteiger partial charge in [0.25, 0.3) is 0 Å². The zero-order chi connectivity index (χ0) is 28.5. The van der Waals surface area contributed by atoms with Gasteiger partial charge in [-0.15, -0.1) is 11.3 Å². The Bertz CT molecular complexity index is 1630. The molecule has 4 N–H and O–H groups in total. The van der Waals surface area contributed by atoms with Gasteiger partial charge in [-0.2, -0.15) is 13.2 Å². The van der Waals surface area contributed by atoms with Gasteiger partial charge in [0.05, 0.1) is 18.2 Å². The highest BCUT2D eigenvalue weighted by Crippen LogP contribution is 2.39. The van der Waals surface area contributed by atoms with Crippen molar-refractivity contribution in [3.63, 3.8) is 0 Å². The van der Waals surface area contributed by atoms with E-state index in [1.165, 1.54) is 22.9 Å². The molecule has 4 aromatic rings. The Morgan fingerprint density at radius 3 is 2.56 bits per heavy atom. The fraction of sp³-hybridized carbons (Fsp3) is 0.240. The minimum Gasteiger partial charge on any atom is -0.477 e. The van der Waals surface area contributed by atoms with Crippen LogP contribution in [0.25, 0.3) is 32.6 Å². The molecule has 14 heteroatoms. The molecule has 4 rings (SSSR count). The smallest absolute Gasteiger partial charge is 0.434 e. The number of aliphatic hydroxyl groups excluding tert-OH is 1. The van der Waals surface area contributed by atoms with Crippen LogP contribution < -0.4 is 16.1 Å². The van der Waals surface area contributed by atoms with E-state index < -0.39 is 40.9 Å². The number of anilines is 1. The summed E-state index contributed by atoms with van der Waals surface area (Å²) in [5, 5.41) is 25.1. The molecule has 0 spiro atoms. The predicted octanol–water partition coefficient (Wildman–Crippen LogP) is 4.60. The van der Waals surface area contributed by atoms with Gasteiger partial charge < -0.3 is 20.1 Å². The normalized spacial score (nSPS) is 12.4. The van der Waals surface area contributed by atoms with Crippen LogP contribution in [0.3, 0.4) is 0 Å². The molecule has 3 aromatic heterocycles. The fourth-order valence-corrected chi connectivity index (χ4v) is 4.76. The molecule has 0 saturated heterocycles. The molecule has 0 saturated carbocycles. The van der Waals surface area contributed by atoms with Crippen LogP contribution in [0.4, 0.5) is 23.8 Å². The van der Waals surface area contributed by atoms with Crippen LogP contribution >= 0.6 is 11.3 Å². The van der Waals surface area contributed by atoms with Crippen molar-refractivity contribution >= 4 is 40.1 Å². The van der Waals surface area contributed by atoms with E-state index in [0.29, 0.717) is 23.2 Å². The number of aliphatic hydroxyl groups is 1. The van der Waals surface area contributed by atoms with Crippen molar-refractivity contribution < 1.29 is 33.0 Å². The van der Waals surface area contributed by atoms with Gasteiger partial charge in [0, 0.05) is 40.8 Å². The molecule has 39 heavy (non-hydrogen) atoms. The van der Waals surface area contributed by atoms with Gasteiger partial charge in [-0.25, -0.2) is 19.6 Å². The van der Waals surface area contributed by atoms with Crippen LogP contribution in [0.1, 0.15) is 35.9 Å². The van der Waals surface area contributed by atoms with E-state index in [0.717, 1.165) is 22.9 Å². The van der Waals surface area contributed by atoms with Crippen molar-refractivity contribution in [3.8, 4) is 21.7 Å². The molecule has 2 amide bonds. The van der Waals surface area contributed by atoms with Crippen LogP contribution in [0.2, 0.25) is 0 Å². The van der Waals surface area contributed by atoms with Crippen molar-refractivity contribution in [2.75, 3.05) is 18.5 Å². The number of urea groups is 1. The van der Waals surface area contributed by atoms with E-state index in [2.05, 4.69) is 20.6 Å². The quantitative estimate of drug-likeness (QED) is 0.258. The highest BCUT2D eigenvalue weighted by atomic mass is 32.1. The van der Waals surface area contributed by atoms with Gasteiger partial charge in [-0.1, -0.05) is 6.07 Å². The lowest BCUT2D eigenvalue weighted by Gasteiger charge is -2.18. The number of hydrogen-bond donors (Lipinski definition) is 4. The molecule has 1 atom stereocenters. The average molecular weight is 562 g/mol. The van der Waals surface area contributed by atoms with Crippen molar-refractivity contribution in [1.82, 2.24) is 19.9 Å². The lowest BCUT2D eigenvalue weighted by Crippen LogP contribution is -2.28. The van der Waals surface area contributed by atoms with Crippen LogP contribution in [0.5, 0.6) is 0 Å². The minimum absolute atomic E-state index is 0.00984. The first kappa shape index (κ1) is 27.7. The third kappa shape index (κ3) is 5.61. The van der Waals surface area contributed by atoms with Crippen LogP contribution in [0.15, 0.2) is 46.8 Å². The Kier molecular flexibility index (Phi) is 7.70. The number of fused-ring (bicyclic) bond motifs is 1. The number of hydrogen-bond acceptors (Lipinski definition) is 7. The summed E-state index contributed by atoms with van der Waals surface area (Å²) in [5.74, 6) is -1.40. The topological polar surface area (TPSA) is 146 Å². The highest BCUT2D eigenvalue weighted by Gasteiger charge is 2.34. The maximum Gasteiger partial charge on any atom is 0.434 e. The molecule has 0 fully saturated rings. The Morgan fingerprint density at radius 1 is 1.21 bits per heavy atom. The lowest BCUT2D eigenvalue weighted by molar-refractivity contribution is -0.140. The number of carboxylic acid groups (broad SMARTS) is 1. The Hall–Kier alpha value is -4.30. The van der Waals surface area contributed by atoms with Gasteiger partial charge in [0.1, 0.15) is 16.4 Å². The number of carbonyl (C=O) groups is 2. The van der Waals surface area contributed by atoms with Gasteiger partial charge in [-0.05, 0) is 37.6 Å². The lowest BCUT2D eigenvalue weighted by atomic mass is 9.99. The van der Waals surface area contributed by atoms with E-state index in [-0.39, 0.29) is 28.4 Å². The summed E-state index contributed by atoms with van der Waals surface area (Å²) in [6, 6.07) is 4.82. The fourth-order valence-electron chi connectivity index (χ4n) is 3.91. The zero-order valence-electron chi connectivity index (χ0n) is 20.5. The average Bonchev–Trinajstić information content (AvgIpc) is 3.39. The molecule has 1 aromatic carbocycles. The number of nitrogens with zero attached hydrogens (tertiary/aromatic N) is 3. The molecular weight excluding hydrogens is 539 g/mol. The molecular formula is C25H22F3N5O5S. The standard InChI is InChI=1S/C25H22F3N5O5S/c1-3-29-24(38)32-20-7-14(22-31-19(11-39-22)25(26,27)28)16(8-30-20)13-4-5-18-15(6-13)21(35)17(23(36)37)9-33(18)12(2)10-34/h4-9,11-12,34H,3,10H2,1-2H3,(H,36,37)(H2,29,30,32,38). The maximum atomic E-state index is 13.3. The minimum atomic E-state index is -4.67. The van der Waals surface area contributed by atoms with Gasteiger partial charge >= 0.3 is 18.2 Å². The van der Waals surface area contributed by atoms with Crippen molar-refractivity contribution in [3.05, 3.63) is 63.5 Å². The largest absolute Gasteiger partial charge is 0.477 e. The summed E-state index contributed by atoms with van der Waals surface area (Å²) in [7, 11) is 0. The second-order valence-electron chi connectivity index (χ2n) is 8.48. The molecule has 0 aliphatic carbocycles. The summed E-state index contributed by atoms with van der Waals surface area (Å²) in [6.07, 6.45) is -2.19. The number of pyridine rings is 2. The number of aromatic nitrogens is 3. The van der Waals surface area contributed by atoms with Crippen LogP contribution in [0, 0.1) is 0 Å². The van der Waals surface area contributed by atoms with Crippen molar-refractivity contribution in [1.29, 1.82) is 0 Å². The highest BCUT2D eigenvalue weighted by molar-refractivity contribution is 7.13. The second-order valence-corrected chi connectivity index (χ2v) is 9.34. The Morgan fingerprint density at radius 2 is 1.95 bits per heavy atom. The van der Waals surface area contributed by atoms with Crippen molar-refractivity contribution in [2.45, 2.75) is 26.1 Å². The summed E-state index contributed by atoms with van der Waals surface area (Å²) >= 11 is 0.740. The summed E-state index contributed by atoms with van der Waals surface area (Å²) in [4.78, 5) is 44.7. The van der Waals surface area contributed by atoms with E-state index >= 15 is 0 Å². The number of carbonyl (C=O) groups excluding carboxylic acids is 1. The van der Waals surface area contributed by atoms with Gasteiger partial charge in [0.15, 0.2) is 5.69 Å². The zero-order valence-corrected chi connectivity index (χ0v) is 21.4. The summed E-state index contributed by atoms with van der Waals surface area (Å²) in [6.45, 7) is 3.37. The number of halogens is 3. The van der Waals surface area contributed by atoms with Crippen LogP contribution in [-0.2, 0) is 6.18 Å². The number of rotatable bonds is 7. The van der Waals surface area contributed by atoms with E-state index in [1.54, 1.807) is 26.0 Å². The molecule has 0 bridgehead atoms. The summed E-state index contributed by atoms with van der Waals surface area (Å²) in [5.41, 5.74) is -1.16. The van der Waals surface area contributed by atoms with E-state index in [9.17, 15) is 37.8 Å². The van der Waals surface area contributed by atoms with Crippen molar-refractivity contribution in [2.24, 2.45) is 0 Å². The third-order valence-electron chi connectivity index (χ3n) is 5.82. The first-order chi connectivity index (χ1) is 18.4. The first-order valence-electron chi connectivity index (χ1n) is 11.6. The van der Waals surface area contributed by atoms with Crippen LogP contribution in [-0.4, -0.2) is 49.9 Å². The molecule has 10 nitrogen and oxygen atoms in total. The van der Waals surface area contributed by atoms with Gasteiger partial charge in [-0.3, -0.25) is 10.1 Å². The number of thiazole rings is 1. The Balaban J connectivity index is 1.94. The molecule has 3 heterocycles. The van der Waals surface area contributed by atoms with E-state index in [4.69, 9.17) is 0 Å². The molecule has 1 unspecified atom stereocenters. The van der Waals surface area contributed by atoms with Gasteiger partial charge in [0.2, 0.25) is 5.43 Å². The molecule has 204 valence electrons. The molecule has 0 aliphatic heterocycles. The number of nitrogens with one attached hydrogen (secondary N) is 2. The number of aromatic carboxylic acids is 1.